The van der Waals surface area contributed by atoms with Crippen LogP contribution in [-0.2, 0) is 4.79 Å². The maximum Gasteiger partial charge on any atom is 0.142 e. The zero-order valence-electron chi connectivity index (χ0n) is 11.5. The van der Waals surface area contributed by atoms with Gasteiger partial charge in [0.15, 0.2) is 0 Å². The van der Waals surface area contributed by atoms with E-state index in [1.54, 1.807) is 0 Å². The normalized spacial score (nSPS) is 26.4. The van der Waals surface area contributed by atoms with Crippen LogP contribution in [0.15, 0.2) is 0 Å². The highest BCUT2D eigenvalue weighted by molar-refractivity contribution is 5.88. The van der Waals surface area contributed by atoms with Crippen LogP contribution in [0.2, 0.25) is 0 Å². The molecule has 0 N–H and O–H groups in total. The first-order valence-corrected chi connectivity index (χ1v) is 6.63. The molecule has 0 amide bonds. The number of carbonyl (C=O) groups is 1. The largest absolute Gasteiger partial charge is 0.303 e. The predicted octanol–water partition coefficient (Wildman–Crippen LogP) is 3.11. The first kappa shape index (κ1) is 13.7. The molecule has 94 valence electrons. The van der Waals surface area contributed by atoms with E-state index in [9.17, 15) is 4.79 Å². The van der Waals surface area contributed by atoms with Crippen LogP contribution >= 0.6 is 0 Å². The van der Waals surface area contributed by atoms with Crippen LogP contribution in [0.4, 0.5) is 0 Å². The average Bonchev–Trinajstić information content (AvgIpc) is 2.45. The van der Waals surface area contributed by atoms with Crippen molar-refractivity contribution in [3.63, 3.8) is 0 Å². The van der Waals surface area contributed by atoms with Gasteiger partial charge in [0.2, 0.25) is 0 Å². The Labute approximate surface area is 100 Å². The molecule has 2 atom stereocenters. The zero-order chi connectivity index (χ0) is 12.3. The highest BCUT2D eigenvalue weighted by Gasteiger charge is 2.40. The minimum absolute atomic E-state index is 0.0699. The fraction of sp³-hybridized carbons (Fsp3) is 0.929. The summed E-state index contributed by atoms with van der Waals surface area (Å²) in [6.07, 6.45) is 4.58. The SMILES string of the molecule is CCCC(C)N(C)CC1CCC(C)(C)C1=O. The summed E-state index contributed by atoms with van der Waals surface area (Å²) in [6.45, 7) is 9.60. The molecule has 1 aliphatic carbocycles. The molecule has 2 heteroatoms. The number of rotatable bonds is 5. The molecule has 1 fully saturated rings. The second-order valence-electron chi connectivity index (χ2n) is 6.06. The van der Waals surface area contributed by atoms with E-state index >= 15 is 0 Å². The molecule has 2 nitrogen and oxygen atoms in total. The summed E-state index contributed by atoms with van der Waals surface area (Å²) in [5.41, 5.74) is -0.0699. The average molecular weight is 225 g/mol. The van der Waals surface area contributed by atoms with Gasteiger partial charge in [-0.3, -0.25) is 4.79 Å². The molecule has 0 heterocycles. The maximum atomic E-state index is 12.1. The van der Waals surface area contributed by atoms with E-state index in [-0.39, 0.29) is 11.3 Å². The number of nitrogens with zero attached hydrogens (tertiary/aromatic N) is 1. The summed E-state index contributed by atoms with van der Waals surface area (Å²) in [7, 11) is 2.15. The molecule has 0 bridgehead atoms. The van der Waals surface area contributed by atoms with Gasteiger partial charge < -0.3 is 4.90 Å². The first-order chi connectivity index (χ1) is 7.38. The molecule has 0 aliphatic heterocycles. The Bertz CT molecular complexity index is 247. The Hall–Kier alpha value is -0.370. The Morgan fingerprint density at radius 2 is 2.12 bits per heavy atom. The van der Waals surface area contributed by atoms with Crippen LogP contribution in [0.5, 0.6) is 0 Å². The smallest absolute Gasteiger partial charge is 0.142 e. The molecule has 0 aromatic carbocycles. The van der Waals surface area contributed by atoms with Gasteiger partial charge >= 0.3 is 0 Å². The highest BCUT2D eigenvalue weighted by Crippen LogP contribution is 2.37. The third-order valence-electron chi connectivity index (χ3n) is 4.12. The maximum absolute atomic E-state index is 12.1. The second kappa shape index (κ2) is 5.31. The van der Waals surface area contributed by atoms with E-state index in [2.05, 4.69) is 39.6 Å². The van der Waals surface area contributed by atoms with E-state index in [1.165, 1.54) is 12.8 Å². The van der Waals surface area contributed by atoms with Gasteiger partial charge in [0.05, 0.1) is 0 Å². The Balaban J connectivity index is 2.47. The fourth-order valence-corrected chi connectivity index (χ4v) is 2.68. The molecule has 0 aromatic rings. The van der Waals surface area contributed by atoms with Crippen molar-refractivity contribution in [2.75, 3.05) is 13.6 Å². The van der Waals surface area contributed by atoms with Crippen molar-refractivity contribution in [1.82, 2.24) is 4.90 Å². The van der Waals surface area contributed by atoms with Crippen molar-refractivity contribution in [2.24, 2.45) is 11.3 Å². The van der Waals surface area contributed by atoms with Crippen LogP contribution in [0.3, 0.4) is 0 Å². The molecule has 1 aliphatic rings. The molecule has 0 radical (unpaired) electrons. The molecular formula is C14H27NO. The summed E-state index contributed by atoms with van der Waals surface area (Å²) in [5.74, 6) is 0.752. The van der Waals surface area contributed by atoms with Crippen molar-refractivity contribution in [2.45, 2.75) is 59.4 Å². The monoisotopic (exact) mass is 225 g/mol. The minimum Gasteiger partial charge on any atom is -0.303 e. The summed E-state index contributed by atoms with van der Waals surface area (Å²) >= 11 is 0. The Morgan fingerprint density at radius 3 is 2.56 bits per heavy atom. The van der Waals surface area contributed by atoms with Crippen molar-refractivity contribution >= 4 is 5.78 Å². The van der Waals surface area contributed by atoms with Gasteiger partial charge in [0.25, 0.3) is 0 Å². The van der Waals surface area contributed by atoms with Crippen LogP contribution < -0.4 is 0 Å². The summed E-state index contributed by atoms with van der Waals surface area (Å²) in [6, 6.07) is 0.599. The molecule has 0 spiro atoms. The predicted molar refractivity (Wildman–Crippen MR) is 68.5 cm³/mol. The molecule has 0 saturated heterocycles. The summed E-state index contributed by atoms with van der Waals surface area (Å²) < 4.78 is 0. The van der Waals surface area contributed by atoms with E-state index in [0.29, 0.717) is 11.8 Å². The van der Waals surface area contributed by atoms with Gasteiger partial charge in [-0.15, -0.1) is 0 Å². The van der Waals surface area contributed by atoms with E-state index in [0.717, 1.165) is 19.4 Å². The fourth-order valence-electron chi connectivity index (χ4n) is 2.68. The topological polar surface area (TPSA) is 20.3 Å². The number of ketones is 1. The van der Waals surface area contributed by atoms with Crippen LogP contribution in [0.25, 0.3) is 0 Å². The first-order valence-electron chi connectivity index (χ1n) is 6.63. The van der Waals surface area contributed by atoms with E-state index in [4.69, 9.17) is 0 Å². The lowest BCUT2D eigenvalue weighted by Crippen LogP contribution is -2.36. The third-order valence-corrected chi connectivity index (χ3v) is 4.12. The van der Waals surface area contributed by atoms with Gasteiger partial charge in [0.1, 0.15) is 5.78 Å². The van der Waals surface area contributed by atoms with E-state index in [1.807, 2.05) is 0 Å². The molecule has 1 saturated carbocycles. The standard InChI is InChI=1S/C14H27NO/c1-6-7-11(2)15(5)10-12-8-9-14(3,4)13(12)16/h11-12H,6-10H2,1-5H3. The lowest BCUT2D eigenvalue weighted by Gasteiger charge is -2.27. The van der Waals surface area contributed by atoms with Crippen LogP contribution in [0, 0.1) is 11.3 Å². The summed E-state index contributed by atoms with van der Waals surface area (Å²) in [5, 5.41) is 0. The van der Waals surface area contributed by atoms with Crippen LogP contribution in [0.1, 0.15) is 53.4 Å². The van der Waals surface area contributed by atoms with Crippen LogP contribution in [-0.4, -0.2) is 30.3 Å². The number of Topliss-reactive ketones (excluding diaryl/α,β-unsaturated/α-hetero) is 1. The van der Waals surface area contributed by atoms with Crippen molar-refractivity contribution < 1.29 is 4.79 Å². The van der Waals surface area contributed by atoms with Gasteiger partial charge in [-0.2, -0.15) is 0 Å². The van der Waals surface area contributed by atoms with E-state index < -0.39 is 0 Å². The minimum atomic E-state index is -0.0699. The van der Waals surface area contributed by atoms with Crippen molar-refractivity contribution in [3.05, 3.63) is 0 Å². The lowest BCUT2D eigenvalue weighted by atomic mass is 9.89. The highest BCUT2D eigenvalue weighted by atomic mass is 16.1. The number of carbonyl (C=O) groups excluding carboxylic acids is 1. The zero-order valence-corrected chi connectivity index (χ0v) is 11.5. The number of hydrogen-bond donors (Lipinski definition) is 0. The number of hydrogen-bond acceptors (Lipinski definition) is 2. The van der Waals surface area contributed by atoms with Gasteiger partial charge in [-0.05, 0) is 33.2 Å². The van der Waals surface area contributed by atoms with Gasteiger partial charge in [0, 0.05) is 23.9 Å². The van der Waals surface area contributed by atoms with Gasteiger partial charge in [-0.1, -0.05) is 27.2 Å². The Kier molecular flexibility index (Phi) is 4.54. The molecule has 0 aromatic heterocycles. The molecular weight excluding hydrogens is 198 g/mol. The van der Waals surface area contributed by atoms with Gasteiger partial charge in [-0.25, -0.2) is 0 Å². The molecule has 1 rings (SSSR count). The quantitative estimate of drug-likeness (QED) is 0.716. The Morgan fingerprint density at radius 1 is 1.50 bits per heavy atom. The molecule has 2 unspecified atom stereocenters. The van der Waals surface area contributed by atoms with Crippen molar-refractivity contribution in [3.8, 4) is 0 Å². The summed E-state index contributed by atoms with van der Waals surface area (Å²) in [4.78, 5) is 14.5. The second-order valence-corrected chi connectivity index (χ2v) is 6.06. The third kappa shape index (κ3) is 3.07. The lowest BCUT2D eigenvalue weighted by molar-refractivity contribution is -0.128. The molecule has 16 heavy (non-hydrogen) atoms. The van der Waals surface area contributed by atoms with Crippen molar-refractivity contribution in [1.29, 1.82) is 0 Å².